The lowest BCUT2D eigenvalue weighted by molar-refractivity contribution is 0.273. The third-order valence-electron chi connectivity index (χ3n) is 1.01. The Morgan fingerprint density at radius 3 is 2.09 bits per heavy atom. The van der Waals surface area contributed by atoms with Crippen LogP contribution < -0.4 is 0 Å². The average molecular weight is 159 g/mol. The molecule has 0 aliphatic heterocycles. The van der Waals surface area contributed by atoms with Crippen molar-refractivity contribution in [1.29, 1.82) is 5.41 Å². The smallest absolute Gasteiger partial charge is 0.177 e. The fraction of sp³-hybridized carbons (Fsp3) is 0.889. The first kappa shape index (κ1) is 13.1. The number of rotatable bonds is 3. The molecule has 68 valence electrons. The van der Waals surface area contributed by atoms with Gasteiger partial charge in [0.15, 0.2) is 5.90 Å². The van der Waals surface area contributed by atoms with Crippen molar-refractivity contribution in [3.8, 4) is 0 Å². The molecule has 0 atom stereocenters. The van der Waals surface area contributed by atoms with Crippen molar-refractivity contribution < 1.29 is 4.74 Å². The van der Waals surface area contributed by atoms with Crippen molar-refractivity contribution in [1.82, 2.24) is 0 Å². The van der Waals surface area contributed by atoms with Crippen LogP contribution in [-0.4, -0.2) is 12.5 Å². The van der Waals surface area contributed by atoms with E-state index in [1.807, 2.05) is 13.8 Å². The Morgan fingerprint density at radius 1 is 1.36 bits per heavy atom. The van der Waals surface area contributed by atoms with Gasteiger partial charge in [-0.3, -0.25) is 5.41 Å². The molecule has 0 rings (SSSR count). The molecule has 0 aliphatic rings. The van der Waals surface area contributed by atoms with Gasteiger partial charge in [0.1, 0.15) is 0 Å². The second-order valence-electron chi connectivity index (χ2n) is 2.59. The average Bonchev–Trinajstić information content (AvgIpc) is 1.90. The quantitative estimate of drug-likeness (QED) is 0.498. The molecule has 11 heavy (non-hydrogen) atoms. The molecule has 0 amide bonds. The third-order valence-corrected chi connectivity index (χ3v) is 1.01. The van der Waals surface area contributed by atoms with Crippen LogP contribution in [0.4, 0.5) is 0 Å². The molecule has 0 aromatic heterocycles. The summed E-state index contributed by atoms with van der Waals surface area (Å²) in [5.41, 5.74) is 0. The summed E-state index contributed by atoms with van der Waals surface area (Å²) in [5, 5.41) is 6.92. The Kier molecular flexibility index (Phi) is 11.3. The van der Waals surface area contributed by atoms with Crippen LogP contribution in [0.5, 0.6) is 0 Å². The monoisotopic (exact) mass is 159 g/mol. The highest BCUT2D eigenvalue weighted by Crippen LogP contribution is 1.98. The van der Waals surface area contributed by atoms with Gasteiger partial charge in [-0.1, -0.05) is 27.7 Å². The second kappa shape index (κ2) is 9.47. The number of ether oxygens (including phenoxy) is 1. The van der Waals surface area contributed by atoms with Crippen molar-refractivity contribution in [2.75, 3.05) is 6.61 Å². The summed E-state index contributed by atoms with van der Waals surface area (Å²) in [7, 11) is 0. The van der Waals surface area contributed by atoms with Crippen molar-refractivity contribution in [2.24, 2.45) is 5.92 Å². The van der Waals surface area contributed by atoms with Crippen molar-refractivity contribution in [2.45, 2.75) is 41.0 Å². The summed E-state index contributed by atoms with van der Waals surface area (Å²) in [4.78, 5) is 0. The van der Waals surface area contributed by atoms with Crippen molar-refractivity contribution in [3.05, 3.63) is 0 Å². The lowest BCUT2D eigenvalue weighted by Crippen LogP contribution is -2.02. The van der Waals surface area contributed by atoms with Gasteiger partial charge in [0.05, 0.1) is 6.61 Å². The molecule has 0 spiro atoms. The summed E-state index contributed by atoms with van der Waals surface area (Å²) in [6, 6.07) is 0. The zero-order chi connectivity index (χ0) is 9.28. The van der Waals surface area contributed by atoms with Gasteiger partial charge >= 0.3 is 0 Å². The topological polar surface area (TPSA) is 33.1 Å². The molecule has 0 radical (unpaired) electrons. The molecule has 0 bridgehead atoms. The van der Waals surface area contributed by atoms with Crippen molar-refractivity contribution in [3.63, 3.8) is 0 Å². The Labute approximate surface area is 70.5 Å². The Bertz CT molecular complexity index is 89.6. The zero-order valence-corrected chi connectivity index (χ0v) is 8.40. The molecule has 0 aliphatic carbocycles. The van der Waals surface area contributed by atoms with E-state index in [0.717, 1.165) is 6.42 Å². The van der Waals surface area contributed by atoms with E-state index in [4.69, 9.17) is 10.1 Å². The van der Waals surface area contributed by atoms with E-state index in [2.05, 4.69) is 13.8 Å². The van der Waals surface area contributed by atoms with Gasteiger partial charge < -0.3 is 4.74 Å². The maximum absolute atomic E-state index is 6.92. The van der Waals surface area contributed by atoms with E-state index in [0.29, 0.717) is 18.4 Å². The van der Waals surface area contributed by atoms with Gasteiger partial charge in [0.2, 0.25) is 0 Å². The van der Waals surface area contributed by atoms with Gasteiger partial charge in [-0.05, 0) is 12.3 Å². The molecule has 0 heterocycles. The molecule has 2 heteroatoms. The summed E-state index contributed by atoms with van der Waals surface area (Å²) >= 11 is 0. The first-order chi connectivity index (χ1) is 5.13. The standard InChI is InChI=1S/C7H15NO.C2H6/c1-6(2)4-5-9-7(3)8;1-2/h6,8H,4-5H2,1-3H3;1-2H3. The SMILES string of the molecule is CC.CC(=N)OCCC(C)C. The maximum Gasteiger partial charge on any atom is 0.177 e. The lowest BCUT2D eigenvalue weighted by atomic mass is 10.1. The van der Waals surface area contributed by atoms with Gasteiger partial charge in [-0.25, -0.2) is 0 Å². The van der Waals surface area contributed by atoms with E-state index >= 15 is 0 Å². The first-order valence-corrected chi connectivity index (χ1v) is 4.31. The first-order valence-electron chi connectivity index (χ1n) is 4.31. The van der Waals surface area contributed by atoms with Gasteiger partial charge in [0.25, 0.3) is 0 Å². The Hall–Kier alpha value is -0.530. The Balaban J connectivity index is 0. The molecular weight excluding hydrogens is 138 g/mol. The van der Waals surface area contributed by atoms with E-state index in [9.17, 15) is 0 Å². The van der Waals surface area contributed by atoms with Gasteiger partial charge in [-0.15, -0.1) is 0 Å². The fourth-order valence-corrected chi connectivity index (χ4v) is 0.448. The van der Waals surface area contributed by atoms with E-state index in [1.165, 1.54) is 0 Å². The number of hydrogen-bond acceptors (Lipinski definition) is 2. The van der Waals surface area contributed by atoms with Crippen LogP contribution in [0.1, 0.15) is 41.0 Å². The van der Waals surface area contributed by atoms with Crippen LogP contribution in [0.15, 0.2) is 0 Å². The Morgan fingerprint density at radius 2 is 1.82 bits per heavy atom. The van der Waals surface area contributed by atoms with Gasteiger partial charge in [0, 0.05) is 6.92 Å². The minimum Gasteiger partial charge on any atom is -0.481 e. The highest BCUT2D eigenvalue weighted by atomic mass is 16.5. The predicted octanol–water partition coefficient (Wildman–Crippen LogP) is 3.07. The molecule has 0 aromatic carbocycles. The molecule has 0 saturated heterocycles. The molecule has 1 N–H and O–H groups in total. The maximum atomic E-state index is 6.92. The minimum absolute atomic E-state index is 0.315. The highest BCUT2D eigenvalue weighted by Gasteiger charge is 1.93. The van der Waals surface area contributed by atoms with Crippen LogP contribution in [-0.2, 0) is 4.74 Å². The molecule has 0 saturated carbocycles. The predicted molar refractivity (Wildman–Crippen MR) is 50.2 cm³/mol. The third kappa shape index (κ3) is 17.7. The molecule has 0 fully saturated rings. The van der Waals surface area contributed by atoms with Crippen molar-refractivity contribution >= 4 is 5.90 Å². The van der Waals surface area contributed by atoms with E-state index in [1.54, 1.807) is 6.92 Å². The molecule has 0 aromatic rings. The van der Waals surface area contributed by atoms with Crippen LogP contribution in [0.25, 0.3) is 0 Å². The van der Waals surface area contributed by atoms with E-state index < -0.39 is 0 Å². The minimum atomic E-state index is 0.315. The highest BCUT2D eigenvalue weighted by molar-refractivity contribution is 5.69. The fourth-order valence-electron chi connectivity index (χ4n) is 0.448. The summed E-state index contributed by atoms with van der Waals surface area (Å²) in [6.07, 6.45) is 1.04. The van der Waals surface area contributed by atoms with Crippen LogP contribution in [0.3, 0.4) is 0 Å². The normalized spacial score (nSPS) is 8.55. The van der Waals surface area contributed by atoms with E-state index in [-0.39, 0.29) is 0 Å². The molecular formula is C9H21NO. The van der Waals surface area contributed by atoms with Crippen LogP contribution >= 0.6 is 0 Å². The number of hydrogen-bond donors (Lipinski definition) is 1. The molecule has 0 unspecified atom stereocenters. The van der Waals surface area contributed by atoms with Gasteiger partial charge in [-0.2, -0.15) is 0 Å². The summed E-state index contributed by atoms with van der Waals surface area (Å²) in [5.74, 6) is 0.986. The number of nitrogens with one attached hydrogen (secondary N) is 1. The summed E-state index contributed by atoms with van der Waals surface area (Å²) in [6.45, 7) is 10.6. The van der Waals surface area contributed by atoms with Crippen LogP contribution in [0.2, 0.25) is 0 Å². The summed E-state index contributed by atoms with van der Waals surface area (Å²) < 4.78 is 4.94. The lowest BCUT2D eigenvalue weighted by Gasteiger charge is -2.04. The second-order valence-corrected chi connectivity index (χ2v) is 2.59. The zero-order valence-electron chi connectivity index (χ0n) is 8.40. The largest absolute Gasteiger partial charge is 0.481 e. The van der Waals surface area contributed by atoms with Crippen LogP contribution in [0, 0.1) is 11.3 Å². The molecule has 2 nitrogen and oxygen atoms in total.